The van der Waals surface area contributed by atoms with Crippen LogP contribution < -0.4 is 0 Å². The van der Waals surface area contributed by atoms with Crippen LogP contribution in [0.2, 0.25) is 0 Å². The quantitative estimate of drug-likeness (QED) is 0.564. The Balaban J connectivity index is 2.10. The van der Waals surface area contributed by atoms with Crippen LogP contribution in [0.15, 0.2) is 0 Å². The topological polar surface area (TPSA) is 20.3 Å². The van der Waals surface area contributed by atoms with Crippen molar-refractivity contribution in [3.63, 3.8) is 0 Å². The molecule has 1 aliphatic rings. The van der Waals surface area contributed by atoms with Gasteiger partial charge in [-0.2, -0.15) is 0 Å². The van der Waals surface area contributed by atoms with E-state index in [1.807, 2.05) is 0 Å². The summed E-state index contributed by atoms with van der Waals surface area (Å²) >= 11 is 0. The van der Waals surface area contributed by atoms with Gasteiger partial charge in [0, 0.05) is 19.5 Å². The first-order valence-electron chi connectivity index (χ1n) is 5.02. The van der Waals surface area contributed by atoms with Crippen LogP contribution in [-0.2, 0) is 4.79 Å². The average Bonchev–Trinajstić information content (AvgIpc) is 2.02. The van der Waals surface area contributed by atoms with E-state index in [-0.39, 0.29) is 0 Å². The second-order valence-electron chi connectivity index (χ2n) is 3.65. The lowest BCUT2D eigenvalue weighted by Gasteiger charge is -2.31. The molecule has 0 N–H and O–H groups in total. The molecule has 0 aromatic carbocycles. The maximum Gasteiger partial charge on any atom is 0.121 e. The van der Waals surface area contributed by atoms with Crippen LogP contribution in [0.4, 0.5) is 0 Å². The number of aldehydes is 1. The molecule has 0 aromatic heterocycles. The zero-order chi connectivity index (χ0) is 8.81. The summed E-state index contributed by atoms with van der Waals surface area (Å²) in [4.78, 5) is 12.6. The second-order valence-corrected chi connectivity index (χ2v) is 3.65. The van der Waals surface area contributed by atoms with Crippen LogP contribution in [0, 0.1) is 5.92 Å². The Labute approximate surface area is 74.9 Å². The highest BCUT2D eigenvalue weighted by atomic mass is 16.1. The predicted octanol–water partition coefficient (Wildman–Crippen LogP) is 1.70. The van der Waals surface area contributed by atoms with E-state index in [9.17, 15) is 4.79 Å². The summed E-state index contributed by atoms with van der Waals surface area (Å²) in [5.41, 5.74) is 0. The standard InChI is InChI=1S/C10H19NO/c1-2-11(7-4-8-12)9-10-5-3-6-10/h8,10H,2-7,9H2,1H3. The Morgan fingerprint density at radius 1 is 1.50 bits per heavy atom. The molecule has 1 fully saturated rings. The highest BCUT2D eigenvalue weighted by Crippen LogP contribution is 2.26. The molecule has 0 radical (unpaired) electrons. The summed E-state index contributed by atoms with van der Waals surface area (Å²) in [5, 5.41) is 0. The van der Waals surface area contributed by atoms with Crippen molar-refractivity contribution in [2.45, 2.75) is 32.6 Å². The van der Waals surface area contributed by atoms with Gasteiger partial charge in [-0.05, 0) is 25.3 Å². The van der Waals surface area contributed by atoms with Crippen LogP contribution in [0.25, 0.3) is 0 Å². The van der Waals surface area contributed by atoms with Gasteiger partial charge in [-0.25, -0.2) is 0 Å². The highest BCUT2D eigenvalue weighted by Gasteiger charge is 2.19. The zero-order valence-electron chi connectivity index (χ0n) is 7.96. The van der Waals surface area contributed by atoms with E-state index in [1.165, 1.54) is 25.8 Å². The van der Waals surface area contributed by atoms with E-state index in [4.69, 9.17) is 0 Å². The van der Waals surface area contributed by atoms with Gasteiger partial charge in [0.05, 0.1) is 0 Å². The van der Waals surface area contributed by atoms with Crippen molar-refractivity contribution < 1.29 is 4.79 Å². The van der Waals surface area contributed by atoms with Gasteiger partial charge >= 0.3 is 0 Å². The maximum absolute atomic E-state index is 10.2. The minimum absolute atomic E-state index is 0.695. The summed E-state index contributed by atoms with van der Waals surface area (Å²) in [5.74, 6) is 0.927. The van der Waals surface area contributed by atoms with Crippen molar-refractivity contribution in [1.29, 1.82) is 0 Å². The molecule has 70 valence electrons. The molecule has 0 amide bonds. The minimum Gasteiger partial charge on any atom is -0.303 e. The molecular weight excluding hydrogens is 150 g/mol. The van der Waals surface area contributed by atoms with Gasteiger partial charge in [0.1, 0.15) is 6.29 Å². The number of carbonyl (C=O) groups excluding carboxylic acids is 1. The molecule has 2 heteroatoms. The van der Waals surface area contributed by atoms with Crippen molar-refractivity contribution in [2.75, 3.05) is 19.6 Å². The number of nitrogens with zero attached hydrogens (tertiary/aromatic N) is 1. The monoisotopic (exact) mass is 169 g/mol. The van der Waals surface area contributed by atoms with Crippen molar-refractivity contribution in [3.05, 3.63) is 0 Å². The minimum atomic E-state index is 0.695. The zero-order valence-corrected chi connectivity index (χ0v) is 7.96. The molecule has 0 heterocycles. The van der Waals surface area contributed by atoms with Gasteiger partial charge in [-0.1, -0.05) is 13.3 Å². The van der Waals surface area contributed by atoms with E-state index >= 15 is 0 Å². The molecule has 0 unspecified atom stereocenters. The molecule has 0 aliphatic heterocycles. The first-order valence-corrected chi connectivity index (χ1v) is 5.02. The molecule has 0 saturated heterocycles. The van der Waals surface area contributed by atoms with Crippen molar-refractivity contribution in [3.8, 4) is 0 Å². The molecule has 12 heavy (non-hydrogen) atoms. The number of rotatable bonds is 6. The summed E-state index contributed by atoms with van der Waals surface area (Å²) in [6.45, 7) is 5.43. The smallest absolute Gasteiger partial charge is 0.121 e. The molecule has 1 saturated carbocycles. The van der Waals surface area contributed by atoms with Gasteiger partial charge in [0.2, 0.25) is 0 Å². The van der Waals surface area contributed by atoms with Crippen LogP contribution in [0.1, 0.15) is 32.6 Å². The SMILES string of the molecule is CCN(CCC=O)CC1CCC1. The third kappa shape index (κ3) is 2.94. The van der Waals surface area contributed by atoms with Gasteiger partial charge in [0.15, 0.2) is 0 Å². The van der Waals surface area contributed by atoms with Crippen molar-refractivity contribution >= 4 is 6.29 Å². The first kappa shape index (κ1) is 9.72. The third-order valence-corrected chi connectivity index (χ3v) is 2.75. The number of hydrogen-bond donors (Lipinski definition) is 0. The molecular formula is C10H19NO. The van der Waals surface area contributed by atoms with E-state index in [0.29, 0.717) is 6.42 Å². The van der Waals surface area contributed by atoms with Gasteiger partial charge < -0.3 is 9.69 Å². The highest BCUT2D eigenvalue weighted by molar-refractivity contribution is 5.49. The van der Waals surface area contributed by atoms with Crippen LogP contribution >= 0.6 is 0 Å². The first-order chi connectivity index (χ1) is 5.86. The van der Waals surface area contributed by atoms with Crippen LogP contribution in [0.5, 0.6) is 0 Å². The van der Waals surface area contributed by atoms with Crippen molar-refractivity contribution in [1.82, 2.24) is 4.90 Å². The number of carbonyl (C=O) groups is 1. The second kappa shape index (κ2) is 5.31. The molecule has 0 atom stereocenters. The lowest BCUT2D eigenvalue weighted by Crippen LogP contribution is -2.33. The lowest BCUT2D eigenvalue weighted by molar-refractivity contribution is -0.108. The molecule has 1 rings (SSSR count). The Hall–Kier alpha value is -0.370. The van der Waals surface area contributed by atoms with E-state index in [1.54, 1.807) is 0 Å². The van der Waals surface area contributed by atoms with Crippen LogP contribution in [0.3, 0.4) is 0 Å². The fourth-order valence-electron chi connectivity index (χ4n) is 1.65. The van der Waals surface area contributed by atoms with E-state index in [2.05, 4.69) is 11.8 Å². The van der Waals surface area contributed by atoms with E-state index in [0.717, 1.165) is 25.3 Å². The van der Waals surface area contributed by atoms with E-state index < -0.39 is 0 Å². The van der Waals surface area contributed by atoms with Crippen LogP contribution in [-0.4, -0.2) is 30.8 Å². The fraction of sp³-hybridized carbons (Fsp3) is 0.900. The fourth-order valence-corrected chi connectivity index (χ4v) is 1.65. The summed E-state index contributed by atoms with van der Waals surface area (Å²) < 4.78 is 0. The van der Waals surface area contributed by atoms with Gasteiger partial charge in [-0.15, -0.1) is 0 Å². The largest absolute Gasteiger partial charge is 0.303 e. The van der Waals surface area contributed by atoms with Crippen molar-refractivity contribution in [2.24, 2.45) is 5.92 Å². The third-order valence-electron chi connectivity index (χ3n) is 2.75. The molecule has 0 aromatic rings. The molecule has 2 nitrogen and oxygen atoms in total. The number of hydrogen-bond acceptors (Lipinski definition) is 2. The van der Waals surface area contributed by atoms with Gasteiger partial charge in [-0.3, -0.25) is 0 Å². The summed E-state index contributed by atoms with van der Waals surface area (Å²) in [6.07, 6.45) is 5.93. The Kier molecular flexibility index (Phi) is 4.30. The normalized spacial score (nSPS) is 17.8. The Morgan fingerprint density at radius 2 is 2.25 bits per heavy atom. The molecule has 1 aliphatic carbocycles. The van der Waals surface area contributed by atoms with Gasteiger partial charge in [0.25, 0.3) is 0 Å². The molecule has 0 spiro atoms. The Bertz CT molecular complexity index is 132. The lowest BCUT2D eigenvalue weighted by atomic mass is 9.85. The summed E-state index contributed by atoms with van der Waals surface area (Å²) in [7, 11) is 0. The predicted molar refractivity (Wildman–Crippen MR) is 50.1 cm³/mol. The summed E-state index contributed by atoms with van der Waals surface area (Å²) in [6, 6.07) is 0. The Morgan fingerprint density at radius 3 is 2.67 bits per heavy atom. The molecule has 0 bridgehead atoms. The average molecular weight is 169 g/mol. The maximum atomic E-state index is 10.2.